The second-order valence-electron chi connectivity index (χ2n) is 7.17. The van der Waals surface area contributed by atoms with Crippen molar-refractivity contribution >= 4 is 22.1 Å². The van der Waals surface area contributed by atoms with E-state index in [9.17, 15) is 5.11 Å². The van der Waals surface area contributed by atoms with E-state index in [4.69, 9.17) is 0 Å². The fourth-order valence-corrected chi connectivity index (χ4v) is 4.14. The third kappa shape index (κ3) is 2.84. The molecule has 0 saturated carbocycles. The van der Waals surface area contributed by atoms with Crippen LogP contribution in [0.5, 0.6) is 0 Å². The number of hydrogen-bond acceptors (Lipinski definition) is 3. The number of H-pyrrole nitrogens is 1. The van der Waals surface area contributed by atoms with E-state index in [1.807, 2.05) is 24.5 Å². The number of nitrogens with one attached hydrogen (secondary N) is 1. The number of pyridine rings is 2. The average Bonchev–Trinajstić information content (AvgIpc) is 3.47. The van der Waals surface area contributed by atoms with Crippen LogP contribution in [0.4, 0.5) is 0 Å². The number of aromatic nitrogens is 5. The Bertz CT molecular complexity index is 1290. The van der Waals surface area contributed by atoms with Crippen LogP contribution in [0.15, 0.2) is 61.4 Å². The van der Waals surface area contributed by atoms with Crippen molar-refractivity contribution in [2.45, 2.75) is 26.4 Å². The Hall–Kier alpha value is -3.38. The smallest absolute Gasteiger partial charge is 0.140 e. The monoisotopic (exact) mass is 385 g/mol. The molecule has 5 aromatic heterocycles. The second-order valence-corrected chi connectivity index (χ2v) is 7.17. The minimum Gasteiger partial charge on any atom is -0.396 e. The maximum Gasteiger partial charge on any atom is 0.140 e. The van der Waals surface area contributed by atoms with Gasteiger partial charge in [-0.2, -0.15) is 0 Å². The molecule has 6 nitrogen and oxygen atoms in total. The highest BCUT2D eigenvalue weighted by Gasteiger charge is 2.19. The molecule has 0 spiro atoms. The van der Waals surface area contributed by atoms with Crippen LogP contribution < -0.4 is 0 Å². The minimum atomic E-state index is 0.167. The van der Waals surface area contributed by atoms with E-state index in [0.717, 1.165) is 51.8 Å². The molecule has 0 radical (unpaired) electrons. The van der Waals surface area contributed by atoms with Crippen molar-refractivity contribution < 1.29 is 5.11 Å². The van der Waals surface area contributed by atoms with Crippen molar-refractivity contribution in [2.24, 2.45) is 0 Å². The van der Waals surface area contributed by atoms with Gasteiger partial charge >= 0.3 is 0 Å². The van der Waals surface area contributed by atoms with Gasteiger partial charge in [-0.1, -0.05) is 0 Å². The van der Waals surface area contributed by atoms with Crippen molar-refractivity contribution in [3.05, 3.63) is 61.4 Å². The number of nitrogens with zero attached hydrogens (tertiary/aromatic N) is 4. The first-order valence-electron chi connectivity index (χ1n) is 9.98. The van der Waals surface area contributed by atoms with Gasteiger partial charge in [0.25, 0.3) is 0 Å². The standard InChI is InChI=1S/C23H23N5O/c1-2-27-14-20(16-6-3-8-25-22(16)27)18-12-24-13-19(18)21-15-28(10-5-11-29)23-17(21)7-4-9-26-23/h3-4,6-9,12-15,24,29H,2,5,10-11H2,1H3. The molecule has 0 unspecified atom stereocenters. The third-order valence-electron chi connectivity index (χ3n) is 5.49. The van der Waals surface area contributed by atoms with Gasteiger partial charge in [0.15, 0.2) is 0 Å². The Morgan fingerprint density at radius 1 is 0.862 bits per heavy atom. The van der Waals surface area contributed by atoms with E-state index >= 15 is 0 Å². The first-order valence-corrected chi connectivity index (χ1v) is 9.98. The lowest BCUT2D eigenvalue weighted by atomic mass is 9.99. The molecule has 146 valence electrons. The fourth-order valence-electron chi connectivity index (χ4n) is 4.14. The number of aromatic amines is 1. The third-order valence-corrected chi connectivity index (χ3v) is 5.49. The molecule has 5 rings (SSSR count). The van der Waals surface area contributed by atoms with Gasteiger partial charge in [-0.15, -0.1) is 0 Å². The van der Waals surface area contributed by atoms with Crippen molar-refractivity contribution in [1.29, 1.82) is 0 Å². The SMILES string of the molecule is CCn1cc(-c2c[nH]cc2-c2cn(CCCO)c3ncccc23)c2cccnc21. The van der Waals surface area contributed by atoms with E-state index in [-0.39, 0.29) is 6.61 Å². The van der Waals surface area contributed by atoms with Crippen LogP contribution in [-0.2, 0) is 13.1 Å². The van der Waals surface area contributed by atoms with Crippen LogP contribution in [-0.4, -0.2) is 35.8 Å². The highest BCUT2D eigenvalue weighted by molar-refractivity contribution is 6.03. The lowest BCUT2D eigenvalue weighted by molar-refractivity contribution is 0.280. The van der Waals surface area contributed by atoms with Crippen LogP contribution in [0, 0.1) is 0 Å². The van der Waals surface area contributed by atoms with Gasteiger partial charge in [0.05, 0.1) is 0 Å². The number of aryl methyl sites for hydroxylation is 2. The zero-order valence-electron chi connectivity index (χ0n) is 16.3. The maximum atomic E-state index is 9.26. The largest absolute Gasteiger partial charge is 0.396 e. The lowest BCUT2D eigenvalue weighted by Crippen LogP contribution is -1.99. The summed E-state index contributed by atoms with van der Waals surface area (Å²) < 4.78 is 4.32. The molecule has 0 atom stereocenters. The van der Waals surface area contributed by atoms with Crippen molar-refractivity contribution in [3.8, 4) is 22.3 Å². The molecular formula is C23H23N5O. The highest BCUT2D eigenvalue weighted by Crippen LogP contribution is 2.39. The summed E-state index contributed by atoms with van der Waals surface area (Å²) in [5, 5.41) is 11.5. The van der Waals surface area contributed by atoms with Gasteiger partial charge in [-0.05, 0) is 37.6 Å². The summed E-state index contributed by atoms with van der Waals surface area (Å²) in [5.74, 6) is 0. The molecule has 0 aromatic carbocycles. The Kier molecular flexibility index (Phi) is 4.41. The number of aliphatic hydroxyl groups excluding tert-OH is 1. The summed E-state index contributed by atoms with van der Waals surface area (Å²) in [6.45, 7) is 3.91. The van der Waals surface area contributed by atoms with Crippen molar-refractivity contribution in [1.82, 2.24) is 24.1 Å². The molecule has 0 aliphatic heterocycles. The normalized spacial score (nSPS) is 11.7. The average molecular weight is 385 g/mol. The number of hydrogen-bond donors (Lipinski definition) is 2. The second kappa shape index (κ2) is 7.22. The molecule has 5 aromatic rings. The van der Waals surface area contributed by atoms with Gasteiger partial charge in [0.1, 0.15) is 11.3 Å². The van der Waals surface area contributed by atoms with E-state index in [0.29, 0.717) is 6.42 Å². The molecule has 0 bridgehead atoms. The molecule has 0 amide bonds. The van der Waals surface area contributed by atoms with E-state index in [1.165, 1.54) is 5.56 Å². The zero-order chi connectivity index (χ0) is 19.8. The van der Waals surface area contributed by atoms with Crippen molar-refractivity contribution in [3.63, 3.8) is 0 Å². The molecule has 0 aliphatic carbocycles. The Labute approximate surface area is 168 Å². The Morgan fingerprint density at radius 2 is 1.45 bits per heavy atom. The number of rotatable bonds is 6. The van der Waals surface area contributed by atoms with Crippen LogP contribution in [0.25, 0.3) is 44.3 Å². The summed E-state index contributed by atoms with van der Waals surface area (Å²) in [7, 11) is 0. The predicted molar refractivity (Wildman–Crippen MR) is 116 cm³/mol. The van der Waals surface area contributed by atoms with Gasteiger partial charge in [0.2, 0.25) is 0 Å². The molecule has 0 saturated heterocycles. The van der Waals surface area contributed by atoms with E-state index < -0.39 is 0 Å². The van der Waals surface area contributed by atoms with Crippen LogP contribution in [0.3, 0.4) is 0 Å². The zero-order valence-corrected chi connectivity index (χ0v) is 16.3. The first-order chi connectivity index (χ1) is 14.3. The molecule has 29 heavy (non-hydrogen) atoms. The van der Waals surface area contributed by atoms with Gasteiger partial charge < -0.3 is 19.2 Å². The maximum absolute atomic E-state index is 9.26. The molecule has 0 aliphatic rings. The molecule has 5 heterocycles. The number of aliphatic hydroxyl groups is 1. The highest BCUT2D eigenvalue weighted by atomic mass is 16.3. The number of fused-ring (bicyclic) bond motifs is 2. The van der Waals surface area contributed by atoms with E-state index in [1.54, 1.807) is 0 Å². The fraction of sp³-hybridized carbons (Fsp3) is 0.217. The van der Waals surface area contributed by atoms with Gasteiger partial charge in [0, 0.05) is 89.9 Å². The molecule has 6 heteroatoms. The Balaban J connectivity index is 1.71. The Morgan fingerprint density at radius 3 is 2.03 bits per heavy atom. The van der Waals surface area contributed by atoms with E-state index in [2.05, 4.69) is 67.9 Å². The lowest BCUT2D eigenvalue weighted by Gasteiger charge is -2.02. The predicted octanol–water partition coefficient (Wildman–Crippen LogP) is 4.45. The summed E-state index contributed by atoms with van der Waals surface area (Å²) in [5.41, 5.74) is 6.56. The van der Waals surface area contributed by atoms with Gasteiger partial charge in [-0.25, -0.2) is 9.97 Å². The van der Waals surface area contributed by atoms with Crippen LogP contribution in [0.2, 0.25) is 0 Å². The summed E-state index contributed by atoms with van der Waals surface area (Å²) in [4.78, 5) is 12.5. The van der Waals surface area contributed by atoms with Crippen LogP contribution >= 0.6 is 0 Å². The topological polar surface area (TPSA) is 71.7 Å². The molecule has 2 N–H and O–H groups in total. The van der Waals surface area contributed by atoms with Gasteiger partial charge in [-0.3, -0.25) is 0 Å². The summed E-state index contributed by atoms with van der Waals surface area (Å²) in [6, 6.07) is 8.21. The summed E-state index contributed by atoms with van der Waals surface area (Å²) in [6.07, 6.45) is 12.8. The quantitative estimate of drug-likeness (QED) is 0.454. The van der Waals surface area contributed by atoms with Crippen molar-refractivity contribution in [2.75, 3.05) is 6.61 Å². The van der Waals surface area contributed by atoms with Crippen LogP contribution in [0.1, 0.15) is 13.3 Å². The summed E-state index contributed by atoms with van der Waals surface area (Å²) >= 11 is 0. The molecule has 0 fully saturated rings. The molecular weight excluding hydrogens is 362 g/mol. The minimum absolute atomic E-state index is 0.167. The first kappa shape index (κ1) is 17.7.